The standard InChI is InChI=1S/C15H17Cl2N3O3/c1-9(15-19-13(20-23-15)5-6-22-2)18-14(21)8-10-3-4-11(16)12(17)7-10/h3-4,7,9H,5-6,8H2,1-2H3,(H,18,21)/t9-/m1/s1. The van der Waals surface area contributed by atoms with Crippen molar-refractivity contribution in [1.29, 1.82) is 0 Å². The van der Waals surface area contributed by atoms with Crippen molar-refractivity contribution in [1.82, 2.24) is 15.5 Å². The van der Waals surface area contributed by atoms with Gasteiger partial charge in [0.05, 0.1) is 23.1 Å². The van der Waals surface area contributed by atoms with Crippen LogP contribution in [-0.4, -0.2) is 29.8 Å². The Morgan fingerprint density at radius 3 is 2.87 bits per heavy atom. The van der Waals surface area contributed by atoms with Gasteiger partial charge in [0.1, 0.15) is 6.04 Å². The highest BCUT2D eigenvalue weighted by atomic mass is 35.5. The number of rotatable bonds is 7. The van der Waals surface area contributed by atoms with Gasteiger partial charge in [0.15, 0.2) is 5.82 Å². The molecule has 1 aromatic heterocycles. The van der Waals surface area contributed by atoms with Crippen molar-refractivity contribution in [3.63, 3.8) is 0 Å². The summed E-state index contributed by atoms with van der Waals surface area (Å²) in [5.41, 5.74) is 0.774. The lowest BCUT2D eigenvalue weighted by Gasteiger charge is -2.10. The quantitative estimate of drug-likeness (QED) is 0.823. The molecule has 0 fully saturated rings. The van der Waals surface area contributed by atoms with Crippen LogP contribution in [0.4, 0.5) is 0 Å². The maximum atomic E-state index is 12.1. The van der Waals surface area contributed by atoms with Gasteiger partial charge >= 0.3 is 0 Å². The highest BCUT2D eigenvalue weighted by Gasteiger charge is 2.17. The molecule has 23 heavy (non-hydrogen) atoms. The van der Waals surface area contributed by atoms with Crippen LogP contribution in [0.2, 0.25) is 10.0 Å². The van der Waals surface area contributed by atoms with Crippen LogP contribution in [0.1, 0.15) is 30.2 Å². The third-order valence-electron chi connectivity index (χ3n) is 3.11. The molecule has 0 saturated carbocycles. The zero-order chi connectivity index (χ0) is 16.8. The number of hydrogen-bond acceptors (Lipinski definition) is 5. The van der Waals surface area contributed by atoms with E-state index in [9.17, 15) is 4.79 Å². The van der Waals surface area contributed by atoms with Crippen molar-refractivity contribution in [2.45, 2.75) is 25.8 Å². The number of benzene rings is 1. The van der Waals surface area contributed by atoms with Crippen molar-refractivity contribution in [2.75, 3.05) is 13.7 Å². The maximum absolute atomic E-state index is 12.1. The number of ether oxygens (including phenoxy) is 1. The SMILES string of the molecule is COCCc1noc([C@@H](C)NC(=O)Cc2ccc(Cl)c(Cl)c2)n1. The Kier molecular flexibility index (Phi) is 6.38. The molecule has 2 rings (SSSR count). The molecule has 6 nitrogen and oxygen atoms in total. The van der Waals surface area contributed by atoms with E-state index < -0.39 is 0 Å². The van der Waals surface area contributed by atoms with Crippen LogP contribution in [0.15, 0.2) is 22.7 Å². The van der Waals surface area contributed by atoms with E-state index in [-0.39, 0.29) is 18.4 Å². The van der Waals surface area contributed by atoms with E-state index in [0.29, 0.717) is 34.8 Å². The number of nitrogens with one attached hydrogen (secondary N) is 1. The van der Waals surface area contributed by atoms with Gasteiger partial charge < -0.3 is 14.6 Å². The highest BCUT2D eigenvalue weighted by molar-refractivity contribution is 6.42. The largest absolute Gasteiger partial charge is 0.384 e. The van der Waals surface area contributed by atoms with Gasteiger partial charge in [-0.05, 0) is 24.6 Å². The van der Waals surface area contributed by atoms with E-state index >= 15 is 0 Å². The van der Waals surface area contributed by atoms with Gasteiger partial charge in [-0.1, -0.05) is 34.4 Å². The number of aromatic nitrogens is 2. The van der Waals surface area contributed by atoms with E-state index in [2.05, 4.69) is 15.5 Å². The average molecular weight is 358 g/mol. The first kappa shape index (κ1) is 17.7. The minimum Gasteiger partial charge on any atom is -0.384 e. The maximum Gasteiger partial charge on any atom is 0.248 e. The average Bonchev–Trinajstić information content (AvgIpc) is 2.98. The summed E-state index contributed by atoms with van der Waals surface area (Å²) in [6, 6.07) is 4.71. The molecule has 1 heterocycles. The molecule has 124 valence electrons. The Bertz CT molecular complexity index is 676. The summed E-state index contributed by atoms with van der Waals surface area (Å²) in [7, 11) is 1.60. The van der Waals surface area contributed by atoms with Crippen LogP contribution < -0.4 is 5.32 Å². The van der Waals surface area contributed by atoms with E-state index in [1.54, 1.807) is 32.2 Å². The van der Waals surface area contributed by atoms with Crippen LogP contribution >= 0.6 is 23.2 Å². The van der Waals surface area contributed by atoms with E-state index in [0.717, 1.165) is 5.56 Å². The van der Waals surface area contributed by atoms with Crippen molar-refractivity contribution in [3.05, 3.63) is 45.5 Å². The molecule has 8 heteroatoms. The van der Waals surface area contributed by atoms with E-state index in [4.69, 9.17) is 32.5 Å². The lowest BCUT2D eigenvalue weighted by atomic mass is 10.1. The summed E-state index contributed by atoms with van der Waals surface area (Å²) >= 11 is 11.8. The van der Waals surface area contributed by atoms with E-state index in [1.165, 1.54) is 0 Å². The fourth-order valence-electron chi connectivity index (χ4n) is 1.93. The number of amides is 1. The van der Waals surface area contributed by atoms with Crippen LogP contribution in [0, 0.1) is 0 Å². The Hall–Kier alpha value is -1.63. The number of carbonyl (C=O) groups is 1. The smallest absolute Gasteiger partial charge is 0.248 e. The fourth-order valence-corrected chi connectivity index (χ4v) is 2.25. The molecule has 0 radical (unpaired) electrons. The second-order valence-corrected chi connectivity index (χ2v) is 5.82. The summed E-state index contributed by atoms with van der Waals surface area (Å²) in [5, 5.41) is 7.52. The zero-order valence-electron chi connectivity index (χ0n) is 12.8. The van der Waals surface area contributed by atoms with Crippen LogP contribution in [0.5, 0.6) is 0 Å². The van der Waals surface area contributed by atoms with Gasteiger partial charge in [0.25, 0.3) is 0 Å². The minimum atomic E-state index is -0.380. The molecule has 0 saturated heterocycles. The number of methoxy groups -OCH3 is 1. The molecule has 1 atom stereocenters. The Morgan fingerprint density at radius 2 is 2.17 bits per heavy atom. The number of hydrogen-bond donors (Lipinski definition) is 1. The van der Waals surface area contributed by atoms with Gasteiger partial charge in [-0.3, -0.25) is 4.79 Å². The fraction of sp³-hybridized carbons (Fsp3) is 0.400. The molecule has 0 aliphatic rings. The number of nitrogens with zero attached hydrogens (tertiary/aromatic N) is 2. The molecule has 2 aromatic rings. The predicted molar refractivity (Wildman–Crippen MR) is 86.6 cm³/mol. The molecular weight excluding hydrogens is 341 g/mol. The first-order valence-electron chi connectivity index (χ1n) is 7.04. The zero-order valence-corrected chi connectivity index (χ0v) is 14.3. The van der Waals surface area contributed by atoms with Crippen LogP contribution in [0.3, 0.4) is 0 Å². The lowest BCUT2D eigenvalue weighted by molar-refractivity contribution is -0.121. The third-order valence-corrected chi connectivity index (χ3v) is 3.85. The molecule has 0 unspecified atom stereocenters. The summed E-state index contributed by atoms with van der Waals surface area (Å²) in [5.74, 6) is 0.735. The molecule has 1 N–H and O–H groups in total. The van der Waals surface area contributed by atoms with Gasteiger partial charge in [0, 0.05) is 13.5 Å². The molecule has 1 aromatic carbocycles. The summed E-state index contributed by atoms with van der Waals surface area (Å²) in [4.78, 5) is 16.3. The second kappa shape index (κ2) is 8.29. The first-order valence-corrected chi connectivity index (χ1v) is 7.80. The molecule has 0 aliphatic heterocycles. The molecule has 0 bridgehead atoms. The third kappa shape index (κ3) is 5.20. The van der Waals surface area contributed by atoms with Gasteiger partial charge in [-0.25, -0.2) is 0 Å². The predicted octanol–water partition coefficient (Wildman–Crippen LogP) is 2.99. The van der Waals surface area contributed by atoms with Crippen molar-refractivity contribution in [2.24, 2.45) is 0 Å². The normalized spacial score (nSPS) is 12.2. The van der Waals surface area contributed by atoms with Gasteiger partial charge in [0.2, 0.25) is 11.8 Å². The topological polar surface area (TPSA) is 77.3 Å². The highest BCUT2D eigenvalue weighted by Crippen LogP contribution is 2.22. The van der Waals surface area contributed by atoms with Crippen molar-refractivity contribution in [3.8, 4) is 0 Å². The van der Waals surface area contributed by atoms with Crippen molar-refractivity contribution >= 4 is 29.1 Å². The summed E-state index contributed by atoms with van der Waals surface area (Å²) in [6.45, 7) is 2.29. The Balaban J connectivity index is 1.91. The monoisotopic (exact) mass is 357 g/mol. The van der Waals surface area contributed by atoms with Crippen LogP contribution in [-0.2, 0) is 22.4 Å². The molecule has 0 spiro atoms. The lowest BCUT2D eigenvalue weighted by Crippen LogP contribution is -2.28. The first-order chi connectivity index (χ1) is 11.0. The Labute approximate surface area is 144 Å². The number of carbonyl (C=O) groups excluding carboxylic acids is 1. The molecular formula is C15H17Cl2N3O3. The molecule has 0 aliphatic carbocycles. The number of halogens is 2. The Morgan fingerprint density at radius 1 is 1.39 bits per heavy atom. The van der Waals surface area contributed by atoms with E-state index in [1.807, 2.05) is 0 Å². The van der Waals surface area contributed by atoms with Crippen molar-refractivity contribution < 1.29 is 14.1 Å². The van der Waals surface area contributed by atoms with Gasteiger partial charge in [-0.2, -0.15) is 4.98 Å². The second-order valence-electron chi connectivity index (χ2n) is 5.01. The minimum absolute atomic E-state index is 0.174. The molecule has 1 amide bonds. The van der Waals surface area contributed by atoms with Crippen LogP contribution in [0.25, 0.3) is 0 Å². The summed E-state index contributed by atoms with van der Waals surface area (Å²) < 4.78 is 10.1. The van der Waals surface area contributed by atoms with Gasteiger partial charge in [-0.15, -0.1) is 0 Å². The summed E-state index contributed by atoms with van der Waals surface area (Å²) in [6.07, 6.45) is 0.746.